The Labute approximate surface area is 183 Å². The molecule has 2 aromatic heterocycles. The molecule has 1 unspecified atom stereocenters. The zero-order valence-corrected chi connectivity index (χ0v) is 17.7. The van der Waals surface area contributed by atoms with Crippen LogP contribution in [0.3, 0.4) is 0 Å². The van der Waals surface area contributed by atoms with Gasteiger partial charge in [-0.15, -0.1) is 10.2 Å². The zero-order valence-electron chi connectivity index (χ0n) is 16.9. The molecular formula is C20H19FN8O2S. The molecule has 1 atom stereocenters. The number of tetrazole rings is 1. The topological polar surface area (TPSA) is 138 Å². The van der Waals surface area contributed by atoms with Crippen molar-refractivity contribution in [2.45, 2.75) is 12.5 Å². The number of hydrogen-bond acceptors (Lipinski definition) is 8. The Morgan fingerprint density at radius 1 is 1.03 bits per heavy atom. The van der Waals surface area contributed by atoms with Crippen molar-refractivity contribution in [1.82, 2.24) is 30.6 Å². The second-order valence-electron chi connectivity index (χ2n) is 7.05. The van der Waals surface area contributed by atoms with Crippen LogP contribution in [0.25, 0.3) is 11.4 Å². The second kappa shape index (κ2) is 9.06. The van der Waals surface area contributed by atoms with Crippen molar-refractivity contribution in [2.24, 2.45) is 0 Å². The number of aromatic amines is 1. The standard InChI is InChI=1S/C20H19FN8O2S/c1-32(30,31)27-17-8-2-13(3-9-17)10-18(14-4-6-16(21)7-5-14)24-20-22-11-15(12-23-20)19-25-28-29-26-19/h2-9,11-12,18,27H,10H2,1H3,(H,22,23,24)(H,25,26,28,29). The van der Waals surface area contributed by atoms with Gasteiger partial charge in [0.2, 0.25) is 21.8 Å². The molecular weight excluding hydrogens is 435 g/mol. The number of H-pyrrole nitrogens is 1. The lowest BCUT2D eigenvalue weighted by molar-refractivity contribution is 0.606. The van der Waals surface area contributed by atoms with Crippen LogP contribution in [0.2, 0.25) is 0 Å². The Morgan fingerprint density at radius 2 is 1.72 bits per heavy atom. The van der Waals surface area contributed by atoms with Gasteiger partial charge >= 0.3 is 0 Å². The maximum atomic E-state index is 13.4. The molecule has 0 bridgehead atoms. The van der Waals surface area contributed by atoms with E-state index < -0.39 is 10.0 Å². The minimum absolute atomic E-state index is 0.264. The van der Waals surface area contributed by atoms with Crippen molar-refractivity contribution in [3.8, 4) is 11.4 Å². The van der Waals surface area contributed by atoms with E-state index >= 15 is 0 Å². The molecule has 0 aliphatic rings. The van der Waals surface area contributed by atoms with Crippen LogP contribution >= 0.6 is 0 Å². The van der Waals surface area contributed by atoms with Gasteiger partial charge in [-0.3, -0.25) is 4.72 Å². The van der Waals surface area contributed by atoms with Gasteiger partial charge in [0.05, 0.1) is 17.9 Å². The summed E-state index contributed by atoms with van der Waals surface area (Å²) in [5.41, 5.74) is 2.87. The second-order valence-corrected chi connectivity index (χ2v) is 8.80. The molecule has 0 fully saturated rings. The molecule has 3 N–H and O–H groups in total. The summed E-state index contributed by atoms with van der Waals surface area (Å²) in [6.07, 6.45) is 4.78. The van der Waals surface area contributed by atoms with Crippen molar-refractivity contribution in [2.75, 3.05) is 16.3 Å². The van der Waals surface area contributed by atoms with E-state index in [1.165, 1.54) is 12.1 Å². The van der Waals surface area contributed by atoms with Crippen LogP contribution in [0.1, 0.15) is 17.2 Å². The van der Waals surface area contributed by atoms with Crippen LogP contribution in [-0.4, -0.2) is 45.3 Å². The number of aromatic nitrogens is 6. The molecule has 0 aliphatic heterocycles. The third kappa shape index (κ3) is 5.60. The SMILES string of the molecule is CS(=O)(=O)Nc1ccc(CC(Nc2ncc(-c3nn[nH]n3)cn2)c2ccc(F)cc2)cc1. The summed E-state index contributed by atoms with van der Waals surface area (Å²) in [5, 5.41) is 16.9. The normalized spacial score (nSPS) is 12.3. The first-order valence-corrected chi connectivity index (χ1v) is 11.4. The molecule has 0 spiro atoms. The average Bonchev–Trinajstić information content (AvgIpc) is 3.30. The summed E-state index contributed by atoms with van der Waals surface area (Å²) in [7, 11) is -3.35. The monoisotopic (exact) mass is 454 g/mol. The van der Waals surface area contributed by atoms with Gasteiger partial charge in [-0.05, 0) is 47.0 Å². The molecule has 0 radical (unpaired) electrons. The van der Waals surface area contributed by atoms with Crippen LogP contribution in [-0.2, 0) is 16.4 Å². The van der Waals surface area contributed by atoms with E-state index in [4.69, 9.17) is 0 Å². The fourth-order valence-corrected chi connectivity index (χ4v) is 3.63. The summed E-state index contributed by atoms with van der Waals surface area (Å²) in [4.78, 5) is 8.64. The van der Waals surface area contributed by atoms with Crippen LogP contribution in [0.4, 0.5) is 16.0 Å². The summed E-state index contributed by atoms with van der Waals surface area (Å²) in [6, 6.07) is 12.9. The number of nitrogens with one attached hydrogen (secondary N) is 3. The van der Waals surface area contributed by atoms with Gasteiger partial charge in [-0.2, -0.15) is 5.21 Å². The Hall–Kier alpha value is -3.93. The Balaban J connectivity index is 1.54. The van der Waals surface area contributed by atoms with Crippen molar-refractivity contribution in [3.05, 3.63) is 77.9 Å². The zero-order chi connectivity index (χ0) is 22.6. The first-order chi connectivity index (χ1) is 15.4. The van der Waals surface area contributed by atoms with E-state index in [0.29, 0.717) is 29.4 Å². The highest BCUT2D eigenvalue weighted by atomic mass is 32.2. The highest BCUT2D eigenvalue weighted by molar-refractivity contribution is 7.92. The minimum Gasteiger partial charge on any atom is -0.347 e. The number of hydrogen-bond donors (Lipinski definition) is 3. The molecule has 0 aliphatic carbocycles. The van der Waals surface area contributed by atoms with Gasteiger partial charge in [-0.1, -0.05) is 24.3 Å². The molecule has 0 saturated carbocycles. The first-order valence-electron chi connectivity index (χ1n) is 9.50. The molecule has 32 heavy (non-hydrogen) atoms. The quantitative estimate of drug-likeness (QED) is 0.369. The third-order valence-corrected chi connectivity index (χ3v) is 5.13. The largest absolute Gasteiger partial charge is 0.347 e. The van der Waals surface area contributed by atoms with Crippen LogP contribution < -0.4 is 10.0 Å². The van der Waals surface area contributed by atoms with Gasteiger partial charge in [0.1, 0.15) is 5.82 Å². The maximum Gasteiger partial charge on any atom is 0.229 e. The molecule has 12 heteroatoms. The highest BCUT2D eigenvalue weighted by Crippen LogP contribution is 2.24. The van der Waals surface area contributed by atoms with Gasteiger partial charge in [0.15, 0.2) is 0 Å². The van der Waals surface area contributed by atoms with E-state index in [-0.39, 0.29) is 11.9 Å². The third-order valence-electron chi connectivity index (χ3n) is 4.53. The van der Waals surface area contributed by atoms with E-state index in [0.717, 1.165) is 17.4 Å². The van der Waals surface area contributed by atoms with Gasteiger partial charge in [0.25, 0.3) is 0 Å². The number of rotatable bonds is 8. The Bertz CT molecular complexity index is 1260. The van der Waals surface area contributed by atoms with E-state index in [2.05, 4.69) is 40.6 Å². The molecule has 2 aromatic carbocycles. The summed E-state index contributed by atoms with van der Waals surface area (Å²) in [5.74, 6) is 0.431. The molecule has 0 amide bonds. The highest BCUT2D eigenvalue weighted by Gasteiger charge is 2.15. The number of anilines is 2. The Kier molecular flexibility index (Phi) is 6.03. The van der Waals surface area contributed by atoms with E-state index in [9.17, 15) is 12.8 Å². The smallest absolute Gasteiger partial charge is 0.229 e. The summed E-state index contributed by atoms with van der Waals surface area (Å²) < 4.78 is 38.7. The first kappa shape index (κ1) is 21.3. The molecule has 4 aromatic rings. The number of nitrogens with zero attached hydrogens (tertiary/aromatic N) is 5. The lowest BCUT2D eigenvalue weighted by Crippen LogP contribution is -2.16. The number of sulfonamides is 1. The van der Waals surface area contributed by atoms with Gasteiger partial charge in [-0.25, -0.2) is 22.8 Å². The van der Waals surface area contributed by atoms with Gasteiger partial charge in [0, 0.05) is 18.1 Å². The lowest BCUT2D eigenvalue weighted by atomic mass is 9.98. The van der Waals surface area contributed by atoms with E-state index in [1.54, 1.807) is 36.7 Å². The molecule has 4 rings (SSSR count). The average molecular weight is 454 g/mol. The predicted octanol–water partition coefficient (Wildman–Crippen LogP) is 2.56. The van der Waals surface area contributed by atoms with Crippen LogP contribution in [0, 0.1) is 5.82 Å². The Morgan fingerprint density at radius 3 is 2.31 bits per heavy atom. The van der Waals surface area contributed by atoms with Crippen LogP contribution in [0.15, 0.2) is 60.9 Å². The van der Waals surface area contributed by atoms with Crippen molar-refractivity contribution >= 4 is 21.7 Å². The number of benzene rings is 2. The molecule has 0 saturated heterocycles. The van der Waals surface area contributed by atoms with Crippen molar-refractivity contribution in [3.63, 3.8) is 0 Å². The fraction of sp³-hybridized carbons (Fsp3) is 0.150. The lowest BCUT2D eigenvalue weighted by Gasteiger charge is -2.20. The number of halogens is 1. The predicted molar refractivity (Wildman–Crippen MR) is 117 cm³/mol. The minimum atomic E-state index is -3.35. The summed E-state index contributed by atoms with van der Waals surface area (Å²) >= 11 is 0. The molecule has 164 valence electrons. The van der Waals surface area contributed by atoms with E-state index in [1.807, 2.05) is 12.1 Å². The van der Waals surface area contributed by atoms with Crippen molar-refractivity contribution < 1.29 is 12.8 Å². The summed E-state index contributed by atoms with van der Waals surface area (Å²) in [6.45, 7) is 0. The van der Waals surface area contributed by atoms with Crippen molar-refractivity contribution in [1.29, 1.82) is 0 Å². The maximum absolute atomic E-state index is 13.4. The molecule has 10 nitrogen and oxygen atoms in total. The molecule has 2 heterocycles. The van der Waals surface area contributed by atoms with Gasteiger partial charge < -0.3 is 5.32 Å². The fourth-order valence-electron chi connectivity index (χ4n) is 3.06. The van der Waals surface area contributed by atoms with Crippen LogP contribution in [0.5, 0.6) is 0 Å².